The van der Waals surface area contributed by atoms with Crippen LogP contribution in [0.15, 0.2) is 36.8 Å². The summed E-state index contributed by atoms with van der Waals surface area (Å²) in [5, 5.41) is 0. The first-order valence-corrected chi connectivity index (χ1v) is 15.3. The van der Waals surface area contributed by atoms with Crippen LogP contribution in [0.25, 0.3) is 0 Å². The molecule has 0 aromatic carbocycles. The molecule has 0 aromatic rings. The molecule has 1 aliphatic rings. The maximum atomic E-state index is 6.28. The Bertz CT molecular complexity index is 401. The van der Waals surface area contributed by atoms with Crippen LogP contribution in [0.3, 0.4) is 0 Å². The summed E-state index contributed by atoms with van der Waals surface area (Å²) in [6.45, 7) is 19.6. The van der Waals surface area contributed by atoms with Crippen molar-refractivity contribution >= 4 is 26.4 Å². The van der Waals surface area contributed by atoms with Crippen LogP contribution in [0.1, 0.15) is 59.3 Å². The molecule has 0 atom stereocenters. The highest BCUT2D eigenvalue weighted by Crippen LogP contribution is 2.35. The molecule has 1 rings (SSSR count). The highest BCUT2D eigenvalue weighted by Gasteiger charge is 2.65. The van der Waals surface area contributed by atoms with Crippen molar-refractivity contribution in [3.05, 3.63) is 36.8 Å². The van der Waals surface area contributed by atoms with Crippen molar-refractivity contribution in [2.24, 2.45) is 0 Å². The fourth-order valence-corrected chi connectivity index (χ4v) is 13.8. The molecule has 0 radical (unpaired) electrons. The van der Waals surface area contributed by atoms with Crippen LogP contribution in [0.4, 0.5) is 0 Å². The van der Waals surface area contributed by atoms with Gasteiger partial charge in [0, 0.05) is 19.8 Å². The zero-order valence-corrected chi connectivity index (χ0v) is 20.2. The largest absolute Gasteiger partial charge is 0.514 e. The van der Waals surface area contributed by atoms with E-state index in [9.17, 15) is 0 Å². The Kier molecular flexibility index (Phi) is 11.2. The van der Waals surface area contributed by atoms with E-state index in [0.29, 0.717) is 19.8 Å². The molecule has 1 heterocycles. The molecule has 0 N–H and O–H groups in total. The number of hydrogen-bond acceptors (Lipinski definition) is 6. The van der Waals surface area contributed by atoms with Gasteiger partial charge in [0.1, 0.15) is 0 Å². The van der Waals surface area contributed by atoms with Gasteiger partial charge in [0.15, 0.2) is 0 Å². The number of hydrogen-bond donors (Lipinski definition) is 0. The van der Waals surface area contributed by atoms with Gasteiger partial charge in [-0.05, 0) is 36.4 Å². The molecule has 0 bridgehead atoms. The van der Waals surface area contributed by atoms with Gasteiger partial charge in [0.25, 0.3) is 0 Å². The molecule has 0 aliphatic carbocycles. The molecule has 156 valence electrons. The van der Waals surface area contributed by atoms with Crippen LogP contribution in [-0.4, -0.2) is 46.2 Å². The summed E-state index contributed by atoms with van der Waals surface area (Å²) in [6.07, 6.45) is 5.71. The summed E-state index contributed by atoms with van der Waals surface area (Å²) in [4.78, 5) is 0. The zero-order chi connectivity index (χ0) is 20.2. The third-order valence-electron chi connectivity index (χ3n) is 4.01. The van der Waals surface area contributed by atoms with E-state index in [2.05, 4.69) is 40.5 Å². The second-order valence-electron chi connectivity index (χ2n) is 6.34. The molecule has 1 aliphatic heterocycles. The van der Waals surface area contributed by atoms with Gasteiger partial charge in [-0.15, -0.1) is 0 Å². The Balaban J connectivity index is 3.16. The van der Waals surface area contributed by atoms with Crippen LogP contribution in [0, 0.1) is 0 Å². The minimum Gasteiger partial charge on any atom is -0.371 e. The summed E-state index contributed by atoms with van der Waals surface area (Å²) in [5.74, 6) is 0. The van der Waals surface area contributed by atoms with E-state index in [1.807, 2.05) is 0 Å². The van der Waals surface area contributed by atoms with Gasteiger partial charge in [-0.2, -0.15) is 0 Å². The zero-order valence-electron chi connectivity index (χ0n) is 17.2. The standard InChI is InChI=1S/C18H36O6Si3/c1-7-13-16-19-25(10-4)22-26(11-5,20-17-14-8-2)24-27(12-6,23-25)21-18-15-9-3/h10-12H,4-9,13-18H2,1-3H3. The first-order valence-electron chi connectivity index (χ1n) is 9.92. The molecule has 0 saturated carbocycles. The van der Waals surface area contributed by atoms with Crippen molar-refractivity contribution in [3.8, 4) is 0 Å². The fraction of sp³-hybridized carbons (Fsp3) is 0.667. The van der Waals surface area contributed by atoms with Crippen LogP contribution in [0.5, 0.6) is 0 Å². The lowest BCUT2D eigenvalue weighted by Gasteiger charge is -2.46. The summed E-state index contributed by atoms with van der Waals surface area (Å²) in [6, 6.07) is 0. The van der Waals surface area contributed by atoms with Gasteiger partial charge < -0.3 is 25.6 Å². The van der Waals surface area contributed by atoms with E-state index in [-0.39, 0.29) is 0 Å². The normalized spacial score (nSPS) is 30.8. The predicted octanol–water partition coefficient (Wildman–Crippen LogP) is 4.49. The molecule has 0 unspecified atom stereocenters. The molecule has 0 aromatic heterocycles. The van der Waals surface area contributed by atoms with E-state index < -0.39 is 26.4 Å². The Morgan fingerprint density at radius 3 is 1.04 bits per heavy atom. The van der Waals surface area contributed by atoms with Gasteiger partial charge in [0.2, 0.25) is 0 Å². The molecule has 0 amide bonds. The van der Waals surface area contributed by atoms with Crippen molar-refractivity contribution < 1.29 is 25.6 Å². The average Bonchev–Trinajstić information content (AvgIpc) is 2.68. The maximum Gasteiger partial charge on any atom is 0.514 e. The first-order chi connectivity index (χ1) is 13.0. The van der Waals surface area contributed by atoms with Gasteiger partial charge in [-0.1, -0.05) is 59.8 Å². The SMILES string of the molecule is C=C[Si]1(OCCCC)O[Si](C=C)(OCCCC)O[Si](C=C)(OCCCC)O1. The molecule has 27 heavy (non-hydrogen) atoms. The lowest BCUT2D eigenvalue weighted by Crippen LogP contribution is -2.72. The Morgan fingerprint density at radius 2 is 0.852 bits per heavy atom. The molecular formula is C18H36O6Si3. The van der Waals surface area contributed by atoms with E-state index in [1.165, 1.54) is 0 Å². The van der Waals surface area contributed by atoms with E-state index >= 15 is 0 Å². The lowest BCUT2D eigenvalue weighted by atomic mass is 10.4. The molecule has 0 spiro atoms. The average molecular weight is 433 g/mol. The number of rotatable bonds is 15. The van der Waals surface area contributed by atoms with Gasteiger partial charge in [-0.3, -0.25) is 0 Å². The van der Waals surface area contributed by atoms with Crippen LogP contribution in [0.2, 0.25) is 0 Å². The summed E-state index contributed by atoms with van der Waals surface area (Å²) in [7, 11) is -9.77. The Labute approximate surface area is 168 Å². The first kappa shape index (κ1) is 24.7. The van der Waals surface area contributed by atoms with Gasteiger partial charge in [0.05, 0.1) is 0 Å². The maximum absolute atomic E-state index is 6.28. The predicted molar refractivity (Wildman–Crippen MR) is 114 cm³/mol. The van der Waals surface area contributed by atoms with Crippen molar-refractivity contribution in [2.45, 2.75) is 59.3 Å². The van der Waals surface area contributed by atoms with Crippen LogP contribution < -0.4 is 0 Å². The summed E-state index contributed by atoms with van der Waals surface area (Å²) < 4.78 is 37.1. The molecule has 9 heteroatoms. The number of unbranched alkanes of at least 4 members (excludes halogenated alkanes) is 3. The van der Waals surface area contributed by atoms with Crippen molar-refractivity contribution in [1.29, 1.82) is 0 Å². The Morgan fingerprint density at radius 1 is 0.593 bits per heavy atom. The van der Waals surface area contributed by atoms with Gasteiger partial charge >= 0.3 is 26.4 Å². The topological polar surface area (TPSA) is 55.4 Å². The monoisotopic (exact) mass is 432 g/mol. The van der Waals surface area contributed by atoms with E-state index in [4.69, 9.17) is 25.6 Å². The minimum absolute atomic E-state index is 0.516. The smallest absolute Gasteiger partial charge is 0.371 e. The molecule has 1 saturated heterocycles. The van der Waals surface area contributed by atoms with Crippen LogP contribution in [-0.2, 0) is 25.6 Å². The van der Waals surface area contributed by atoms with Crippen LogP contribution >= 0.6 is 0 Å². The fourth-order valence-electron chi connectivity index (χ4n) is 2.34. The second kappa shape index (κ2) is 12.2. The third kappa shape index (κ3) is 7.19. The van der Waals surface area contributed by atoms with E-state index in [0.717, 1.165) is 38.5 Å². The molecule has 1 fully saturated rings. The minimum atomic E-state index is -3.26. The highest BCUT2D eigenvalue weighted by molar-refractivity contribution is 6.93. The second-order valence-corrected chi connectivity index (χ2v) is 14.5. The molecule has 6 nitrogen and oxygen atoms in total. The molecular weight excluding hydrogens is 396 g/mol. The summed E-state index contributed by atoms with van der Waals surface area (Å²) in [5.41, 5.74) is 4.90. The van der Waals surface area contributed by atoms with Crippen molar-refractivity contribution in [3.63, 3.8) is 0 Å². The lowest BCUT2D eigenvalue weighted by molar-refractivity contribution is 0.0302. The van der Waals surface area contributed by atoms with Crippen molar-refractivity contribution in [1.82, 2.24) is 0 Å². The van der Waals surface area contributed by atoms with Gasteiger partial charge in [-0.25, -0.2) is 0 Å². The van der Waals surface area contributed by atoms with Crippen molar-refractivity contribution in [2.75, 3.05) is 19.8 Å². The highest BCUT2D eigenvalue weighted by atomic mass is 28.5. The third-order valence-corrected chi connectivity index (χ3v) is 14.2. The van der Waals surface area contributed by atoms with E-state index in [1.54, 1.807) is 17.1 Å². The quantitative estimate of drug-likeness (QED) is 0.281. The Hall–Kier alpha value is -0.369. The summed E-state index contributed by atoms with van der Waals surface area (Å²) >= 11 is 0.